The van der Waals surface area contributed by atoms with E-state index in [0.29, 0.717) is 12.5 Å². The van der Waals surface area contributed by atoms with E-state index in [2.05, 4.69) is 5.32 Å². The SMILES string of the molecule is Cc1ccc(NC(CN)C2CCCOC2)cc1Cl. The Kier molecular flexibility index (Phi) is 4.87. The van der Waals surface area contributed by atoms with Crippen LogP contribution in [0.25, 0.3) is 0 Å². The number of hydrogen-bond donors (Lipinski definition) is 2. The molecule has 18 heavy (non-hydrogen) atoms. The number of nitrogens with one attached hydrogen (secondary N) is 1. The lowest BCUT2D eigenvalue weighted by Crippen LogP contribution is -2.40. The molecule has 2 rings (SSSR count). The second-order valence-electron chi connectivity index (χ2n) is 4.93. The van der Waals surface area contributed by atoms with Gasteiger partial charge in [0.05, 0.1) is 6.61 Å². The van der Waals surface area contributed by atoms with Crippen LogP contribution in [-0.2, 0) is 4.74 Å². The van der Waals surface area contributed by atoms with Crippen molar-refractivity contribution in [3.63, 3.8) is 0 Å². The molecular weight excluding hydrogens is 248 g/mol. The fraction of sp³-hybridized carbons (Fsp3) is 0.571. The van der Waals surface area contributed by atoms with Gasteiger partial charge in [-0.2, -0.15) is 0 Å². The summed E-state index contributed by atoms with van der Waals surface area (Å²) in [6.07, 6.45) is 2.30. The van der Waals surface area contributed by atoms with Gasteiger partial charge in [0.2, 0.25) is 0 Å². The Morgan fingerprint density at radius 2 is 2.39 bits per heavy atom. The molecule has 3 nitrogen and oxygen atoms in total. The number of hydrogen-bond acceptors (Lipinski definition) is 3. The van der Waals surface area contributed by atoms with Crippen LogP contribution in [0.15, 0.2) is 18.2 Å². The lowest BCUT2D eigenvalue weighted by atomic mass is 9.93. The Balaban J connectivity index is 2.02. The molecule has 3 N–H and O–H groups in total. The second-order valence-corrected chi connectivity index (χ2v) is 5.33. The Hall–Kier alpha value is -0.770. The number of ether oxygens (including phenoxy) is 1. The zero-order valence-electron chi connectivity index (χ0n) is 10.8. The molecule has 1 aromatic rings. The lowest BCUT2D eigenvalue weighted by Gasteiger charge is -2.30. The molecule has 1 aromatic carbocycles. The van der Waals surface area contributed by atoms with Crippen LogP contribution in [0.5, 0.6) is 0 Å². The van der Waals surface area contributed by atoms with E-state index in [1.807, 2.05) is 25.1 Å². The highest BCUT2D eigenvalue weighted by Crippen LogP contribution is 2.24. The molecule has 1 aliphatic rings. The van der Waals surface area contributed by atoms with Crippen LogP contribution < -0.4 is 11.1 Å². The van der Waals surface area contributed by atoms with E-state index >= 15 is 0 Å². The first kappa shape index (κ1) is 13.7. The third kappa shape index (κ3) is 3.37. The first-order valence-corrected chi connectivity index (χ1v) is 6.89. The number of anilines is 1. The van der Waals surface area contributed by atoms with Gasteiger partial charge >= 0.3 is 0 Å². The molecule has 1 heterocycles. The predicted molar refractivity (Wildman–Crippen MR) is 76.2 cm³/mol. The van der Waals surface area contributed by atoms with Crippen LogP contribution in [0.1, 0.15) is 18.4 Å². The van der Waals surface area contributed by atoms with Gasteiger partial charge in [-0.3, -0.25) is 0 Å². The van der Waals surface area contributed by atoms with Crippen molar-refractivity contribution in [1.82, 2.24) is 0 Å². The number of halogens is 1. The number of nitrogens with two attached hydrogens (primary N) is 1. The van der Waals surface area contributed by atoms with Gasteiger partial charge in [-0.15, -0.1) is 0 Å². The Labute approximate surface area is 114 Å². The largest absolute Gasteiger partial charge is 0.381 e. The van der Waals surface area contributed by atoms with Crippen molar-refractivity contribution in [2.24, 2.45) is 11.7 Å². The van der Waals surface area contributed by atoms with Gasteiger partial charge in [-0.1, -0.05) is 17.7 Å². The summed E-state index contributed by atoms with van der Waals surface area (Å²) < 4.78 is 5.52. The normalized spacial score (nSPS) is 21.6. The van der Waals surface area contributed by atoms with Gasteiger partial charge in [0.25, 0.3) is 0 Å². The van der Waals surface area contributed by atoms with Crippen molar-refractivity contribution >= 4 is 17.3 Å². The number of benzene rings is 1. The molecule has 2 unspecified atom stereocenters. The van der Waals surface area contributed by atoms with Gasteiger partial charge in [0.1, 0.15) is 0 Å². The molecule has 4 heteroatoms. The number of aryl methyl sites for hydroxylation is 1. The van der Waals surface area contributed by atoms with Crippen molar-refractivity contribution in [2.45, 2.75) is 25.8 Å². The molecule has 0 saturated carbocycles. The lowest BCUT2D eigenvalue weighted by molar-refractivity contribution is 0.0485. The van der Waals surface area contributed by atoms with E-state index in [1.165, 1.54) is 6.42 Å². The van der Waals surface area contributed by atoms with Crippen LogP contribution in [0.4, 0.5) is 5.69 Å². The van der Waals surface area contributed by atoms with Gasteiger partial charge in [0, 0.05) is 35.8 Å². The fourth-order valence-electron chi connectivity index (χ4n) is 2.35. The summed E-state index contributed by atoms with van der Waals surface area (Å²) in [6, 6.07) is 6.29. The first-order valence-electron chi connectivity index (χ1n) is 6.51. The van der Waals surface area contributed by atoms with Gasteiger partial charge in [-0.05, 0) is 37.5 Å². The molecule has 0 radical (unpaired) electrons. The summed E-state index contributed by atoms with van der Waals surface area (Å²) in [5, 5.41) is 4.26. The van der Waals surface area contributed by atoms with E-state index < -0.39 is 0 Å². The summed E-state index contributed by atoms with van der Waals surface area (Å²) in [5.41, 5.74) is 7.99. The minimum atomic E-state index is 0.254. The maximum atomic E-state index is 6.13. The monoisotopic (exact) mass is 268 g/mol. The van der Waals surface area contributed by atoms with E-state index in [0.717, 1.165) is 35.9 Å². The first-order chi connectivity index (χ1) is 8.70. The minimum absolute atomic E-state index is 0.254. The van der Waals surface area contributed by atoms with Gasteiger partial charge in [-0.25, -0.2) is 0 Å². The van der Waals surface area contributed by atoms with E-state index in [-0.39, 0.29) is 6.04 Å². The van der Waals surface area contributed by atoms with Crippen molar-refractivity contribution in [2.75, 3.05) is 25.1 Å². The zero-order valence-corrected chi connectivity index (χ0v) is 11.5. The minimum Gasteiger partial charge on any atom is -0.381 e. The zero-order chi connectivity index (χ0) is 13.0. The third-order valence-electron chi connectivity index (χ3n) is 3.54. The summed E-state index contributed by atoms with van der Waals surface area (Å²) in [4.78, 5) is 0. The molecule has 0 aliphatic carbocycles. The molecule has 100 valence electrons. The van der Waals surface area contributed by atoms with Crippen LogP contribution in [-0.4, -0.2) is 25.8 Å². The van der Waals surface area contributed by atoms with Crippen molar-refractivity contribution in [3.05, 3.63) is 28.8 Å². The van der Waals surface area contributed by atoms with Crippen molar-refractivity contribution in [3.8, 4) is 0 Å². The molecular formula is C14H21ClN2O. The highest BCUT2D eigenvalue weighted by atomic mass is 35.5. The third-order valence-corrected chi connectivity index (χ3v) is 3.95. The van der Waals surface area contributed by atoms with Crippen molar-refractivity contribution in [1.29, 1.82) is 0 Å². The second kappa shape index (κ2) is 6.41. The molecule has 2 atom stereocenters. The number of rotatable bonds is 4. The molecule has 0 amide bonds. The van der Waals surface area contributed by atoms with Crippen LogP contribution in [0.3, 0.4) is 0 Å². The summed E-state index contributed by atoms with van der Waals surface area (Å²) in [6.45, 7) is 4.29. The van der Waals surface area contributed by atoms with E-state index in [9.17, 15) is 0 Å². The van der Waals surface area contributed by atoms with Crippen LogP contribution >= 0.6 is 11.6 Å². The van der Waals surface area contributed by atoms with E-state index in [4.69, 9.17) is 22.1 Å². The average molecular weight is 269 g/mol. The standard InChI is InChI=1S/C14H21ClN2O/c1-10-4-5-12(7-13(10)15)17-14(8-16)11-3-2-6-18-9-11/h4-5,7,11,14,17H,2-3,6,8-9,16H2,1H3. The van der Waals surface area contributed by atoms with Gasteiger partial charge < -0.3 is 15.8 Å². The molecule has 0 bridgehead atoms. The predicted octanol–water partition coefficient (Wildman–Crippen LogP) is 2.81. The quantitative estimate of drug-likeness (QED) is 0.883. The van der Waals surface area contributed by atoms with Crippen LogP contribution in [0.2, 0.25) is 5.02 Å². The van der Waals surface area contributed by atoms with E-state index in [1.54, 1.807) is 0 Å². The highest BCUT2D eigenvalue weighted by molar-refractivity contribution is 6.31. The molecule has 0 spiro atoms. The summed E-state index contributed by atoms with van der Waals surface area (Å²) in [7, 11) is 0. The summed E-state index contributed by atoms with van der Waals surface area (Å²) in [5.74, 6) is 0.490. The maximum Gasteiger partial charge on any atom is 0.0514 e. The molecule has 1 aliphatic heterocycles. The Morgan fingerprint density at radius 1 is 1.56 bits per heavy atom. The molecule has 1 fully saturated rings. The Morgan fingerprint density at radius 3 is 3.00 bits per heavy atom. The molecule has 1 saturated heterocycles. The topological polar surface area (TPSA) is 47.3 Å². The van der Waals surface area contributed by atoms with Crippen molar-refractivity contribution < 1.29 is 4.74 Å². The highest BCUT2D eigenvalue weighted by Gasteiger charge is 2.23. The molecule has 0 aromatic heterocycles. The fourth-order valence-corrected chi connectivity index (χ4v) is 2.53. The Bertz CT molecular complexity index is 391. The van der Waals surface area contributed by atoms with Gasteiger partial charge in [0.15, 0.2) is 0 Å². The smallest absolute Gasteiger partial charge is 0.0514 e. The summed E-state index contributed by atoms with van der Waals surface area (Å²) >= 11 is 6.13. The van der Waals surface area contributed by atoms with Crippen LogP contribution in [0, 0.1) is 12.8 Å². The maximum absolute atomic E-state index is 6.13. The average Bonchev–Trinajstić information content (AvgIpc) is 2.41.